The lowest BCUT2D eigenvalue weighted by molar-refractivity contribution is -0.823. The highest BCUT2D eigenvalue weighted by molar-refractivity contribution is 8.01. The van der Waals surface area contributed by atoms with Gasteiger partial charge in [-0.15, -0.1) is 16.9 Å². The number of hydroxylamine groups is 3. The molecule has 0 radical (unpaired) electrons. The Balaban J connectivity index is 1.85. The summed E-state index contributed by atoms with van der Waals surface area (Å²) in [5, 5.41) is 44.4. The van der Waals surface area contributed by atoms with Crippen molar-refractivity contribution in [2.75, 3.05) is 30.1 Å². The quantitative estimate of drug-likeness (QED) is 0.111. The minimum absolute atomic E-state index is 0.0784. The van der Waals surface area contributed by atoms with Crippen LogP contribution >= 0.6 is 35.3 Å². The van der Waals surface area contributed by atoms with Gasteiger partial charge in [0.05, 0.1) is 17.6 Å². The number of nitriles is 1. The van der Waals surface area contributed by atoms with Crippen molar-refractivity contribution in [1.29, 1.82) is 5.26 Å². The Kier molecular flexibility index (Phi) is 6.93. The first-order valence-corrected chi connectivity index (χ1v) is 11.8. The summed E-state index contributed by atoms with van der Waals surface area (Å²) in [6, 6.07) is 1.88. The number of rotatable bonds is 9. The van der Waals surface area contributed by atoms with Gasteiger partial charge in [-0.05, 0) is 10.4 Å². The number of aromatic nitrogens is 4. The average molecular weight is 488 g/mol. The number of carboxylic acid groups (broad SMARTS) is 1. The fraction of sp³-hybridized carbons (Fsp3) is 0.533. The van der Waals surface area contributed by atoms with Gasteiger partial charge >= 0.3 is 17.6 Å². The lowest BCUT2D eigenvalue weighted by Crippen LogP contribution is -2.87. The van der Waals surface area contributed by atoms with Gasteiger partial charge in [-0.1, -0.05) is 23.5 Å². The maximum Gasteiger partial charge on any atom is 0.391 e. The minimum atomic E-state index is -1.94. The third-order valence-electron chi connectivity index (χ3n) is 4.59. The van der Waals surface area contributed by atoms with E-state index in [0.717, 1.165) is 35.3 Å². The zero-order chi connectivity index (χ0) is 22.8. The molecule has 16 heteroatoms. The van der Waals surface area contributed by atoms with Crippen molar-refractivity contribution in [1.82, 2.24) is 25.5 Å². The van der Waals surface area contributed by atoms with Gasteiger partial charge in [0.25, 0.3) is 0 Å². The highest BCUT2D eigenvalue weighted by Gasteiger charge is 2.77. The summed E-state index contributed by atoms with van der Waals surface area (Å²) < 4.78 is 4.91. The van der Waals surface area contributed by atoms with Crippen LogP contribution in [0.15, 0.2) is 16.4 Å². The van der Waals surface area contributed by atoms with E-state index < -0.39 is 39.2 Å². The van der Waals surface area contributed by atoms with E-state index in [4.69, 9.17) is 10.00 Å². The molecule has 1 unspecified atom stereocenters. The number of carbonyl (C=O) groups excluding carboxylic acids is 2. The zero-order valence-electron chi connectivity index (χ0n) is 16.3. The second-order valence-electron chi connectivity index (χ2n) is 6.40. The van der Waals surface area contributed by atoms with Crippen LogP contribution in [0.1, 0.15) is 0 Å². The predicted octanol–water partition coefficient (Wildman–Crippen LogP) is -0.716. The Labute approximate surface area is 188 Å². The maximum atomic E-state index is 13.5. The molecule has 3 heterocycles. The molecule has 1 aromatic rings. The first-order chi connectivity index (χ1) is 14.7. The van der Waals surface area contributed by atoms with Crippen molar-refractivity contribution in [2.24, 2.45) is 7.05 Å². The summed E-state index contributed by atoms with van der Waals surface area (Å²) in [6.07, 6.45) is 0. The number of aliphatic carboxylic acids is 1. The van der Waals surface area contributed by atoms with E-state index in [-0.39, 0.29) is 28.6 Å². The summed E-state index contributed by atoms with van der Waals surface area (Å²) in [7, 11) is 2.78. The molecule has 2 amide bonds. The highest BCUT2D eigenvalue weighted by atomic mass is 32.2. The molecule has 13 nitrogen and oxygen atoms in total. The lowest BCUT2D eigenvalue weighted by Gasteiger charge is -2.61. The lowest BCUT2D eigenvalue weighted by atomic mass is 9.97. The van der Waals surface area contributed by atoms with E-state index in [2.05, 4.69) is 20.8 Å². The van der Waals surface area contributed by atoms with Gasteiger partial charge in [-0.2, -0.15) is 5.26 Å². The Bertz CT molecular complexity index is 994. The van der Waals surface area contributed by atoms with Crippen molar-refractivity contribution in [3.8, 4) is 6.07 Å². The third kappa shape index (κ3) is 3.92. The van der Waals surface area contributed by atoms with Crippen molar-refractivity contribution in [3.05, 3.63) is 16.5 Å². The van der Waals surface area contributed by atoms with Gasteiger partial charge in [-0.3, -0.25) is 4.79 Å². The number of fused-ring (bicyclic) bond motifs is 1. The number of carbonyl (C=O) groups is 3. The molecule has 3 atom stereocenters. The number of nitrogens with zero attached hydrogens (tertiary/aromatic N) is 6. The van der Waals surface area contributed by atoms with Crippen molar-refractivity contribution in [2.45, 2.75) is 16.3 Å². The summed E-state index contributed by atoms with van der Waals surface area (Å²) in [6.45, 7) is 0. The topological polar surface area (TPSA) is 183 Å². The van der Waals surface area contributed by atoms with E-state index in [0.29, 0.717) is 5.16 Å². The molecular formula is C15H17N7O6S3. The van der Waals surface area contributed by atoms with Gasteiger partial charge in [0.1, 0.15) is 0 Å². The number of β-lactam (4-membered cyclic amide) rings is 1. The predicted molar refractivity (Wildman–Crippen MR) is 110 cm³/mol. The van der Waals surface area contributed by atoms with Gasteiger partial charge < -0.3 is 20.4 Å². The number of hydrogen-bond acceptors (Lipinski definition) is 12. The van der Waals surface area contributed by atoms with E-state index in [9.17, 15) is 24.7 Å². The van der Waals surface area contributed by atoms with Crippen LogP contribution in [0.25, 0.3) is 0 Å². The fourth-order valence-corrected chi connectivity index (χ4v) is 6.20. The minimum Gasteiger partial charge on any atom is -0.618 e. The van der Waals surface area contributed by atoms with Crippen LogP contribution in [-0.2, 0) is 26.2 Å². The van der Waals surface area contributed by atoms with Gasteiger partial charge in [0, 0.05) is 31.2 Å². The Hall–Kier alpha value is -2.16. The van der Waals surface area contributed by atoms with E-state index in [1.807, 2.05) is 6.07 Å². The Morgan fingerprint density at radius 3 is 2.90 bits per heavy atom. The molecular weight excluding hydrogens is 470 g/mol. The number of methoxy groups -OCH3 is 1. The molecule has 0 aliphatic carbocycles. The van der Waals surface area contributed by atoms with Crippen LogP contribution in [0, 0.1) is 16.5 Å². The maximum absolute atomic E-state index is 13.5. The van der Waals surface area contributed by atoms with Gasteiger partial charge in [0.2, 0.25) is 22.1 Å². The number of quaternary nitrogens is 1. The average Bonchev–Trinajstić information content (AvgIpc) is 3.14. The van der Waals surface area contributed by atoms with Gasteiger partial charge in [0.15, 0.2) is 0 Å². The molecule has 1 fully saturated rings. The first kappa shape index (κ1) is 23.5. The molecule has 0 spiro atoms. The number of aryl methyl sites for hydroxylation is 1. The summed E-state index contributed by atoms with van der Waals surface area (Å²) >= 11 is 3.21. The molecule has 2 aliphatic heterocycles. The second-order valence-corrected chi connectivity index (χ2v) is 9.39. The molecule has 1 aromatic heterocycles. The molecule has 2 N–H and O–H groups in total. The molecule has 166 valence electrons. The van der Waals surface area contributed by atoms with Crippen LogP contribution in [0.5, 0.6) is 0 Å². The summed E-state index contributed by atoms with van der Waals surface area (Å²) in [5.41, 5.74) is -2.26. The monoisotopic (exact) mass is 487 g/mol. The summed E-state index contributed by atoms with van der Waals surface area (Å²) in [4.78, 5) is 37.2. The van der Waals surface area contributed by atoms with Crippen LogP contribution in [0.2, 0.25) is 0 Å². The number of amides is 2. The SMILES string of the molecule is CO[C@@]1(NC(=O)CSCC#N)C(=O)[N+]2([O-])C(C(=O)O)=C(CSc3nnnn3C)CS[C@H]12. The standard InChI is InChI=1S/C15H17N7O6S3/c1-21-14(18-19-20-21)31-6-8-5-30-13-15(28-2,17-9(23)7-29-4-3-16)12(26)22(13,27)10(8)11(24)25/h13H,4-7H2,1-2H3,(H,17,23)(H,24,25)/t13-,15+,22?/m1/s1. The van der Waals surface area contributed by atoms with Crippen LogP contribution in [0.3, 0.4) is 0 Å². The summed E-state index contributed by atoms with van der Waals surface area (Å²) in [5.74, 6) is -3.02. The number of thioether (sulfide) groups is 3. The second kappa shape index (κ2) is 9.14. The smallest absolute Gasteiger partial charge is 0.391 e. The third-order valence-corrected chi connectivity index (χ3v) is 7.94. The first-order valence-electron chi connectivity index (χ1n) is 8.60. The van der Waals surface area contributed by atoms with E-state index in [1.165, 1.54) is 11.8 Å². The Morgan fingerprint density at radius 2 is 2.32 bits per heavy atom. The molecule has 0 aromatic carbocycles. The van der Waals surface area contributed by atoms with Crippen molar-refractivity contribution in [3.63, 3.8) is 0 Å². The number of carboxylic acids is 1. The largest absolute Gasteiger partial charge is 0.618 e. The van der Waals surface area contributed by atoms with Crippen LogP contribution in [-0.4, -0.2) is 89.0 Å². The molecule has 31 heavy (non-hydrogen) atoms. The zero-order valence-corrected chi connectivity index (χ0v) is 18.8. The van der Waals surface area contributed by atoms with Crippen molar-refractivity contribution < 1.29 is 28.9 Å². The normalized spacial score (nSPS) is 27.3. The van der Waals surface area contributed by atoms with E-state index in [1.54, 1.807) is 7.05 Å². The van der Waals surface area contributed by atoms with Gasteiger partial charge in [-0.25, -0.2) is 18.9 Å². The van der Waals surface area contributed by atoms with Crippen LogP contribution < -0.4 is 5.32 Å². The number of hydrogen-bond donors (Lipinski definition) is 2. The molecule has 1 saturated heterocycles. The molecule has 0 saturated carbocycles. The molecule has 2 aliphatic rings. The fourth-order valence-electron chi connectivity index (χ4n) is 3.26. The number of nitrogens with one attached hydrogen (secondary N) is 1. The highest BCUT2D eigenvalue weighted by Crippen LogP contribution is 2.53. The molecule has 3 rings (SSSR count). The number of tetrazole rings is 1. The van der Waals surface area contributed by atoms with Crippen molar-refractivity contribution >= 4 is 53.1 Å². The Morgan fingerprint density at radius 1 is 1.58 bits per heavy atom. The van der Waals surface area contributed by atoms with Crippen LogP contribution in [0.4, 0.5) is 0 Å². The molecule has 0 bridgehead atoms. The number of ether oxygens (including phenoxy) is 1. The van der Waals surface area contributed by atoms with E-state index >= 15 is 0 Å².